The minimum absolute atomic E-state index is 0.115. The molecule has 0 aliphatic carbocycles. The van der Waals surface area contributed by atoms with E-state index >= 15 is 0 Å². The molecule has 55 heavy (non-hydrogen) atoms. The van der Waals surface area contributed by atoms with Crippen LogP contribution in [0.25, 0.3) is 11.1 Å². The molecule has 0 bridgehead atoms. The van der Waals surface area contributed by atoms with Crippen LogP contribution in [-0.4, -0.2) is 58.4 Å². The molecular formula is C44H45ClN4O6. The molecule has 2 heterocycles. The van der Waals surface area contributed by atoms with Gasteiger partial charge in [0.1, 0.15) is 42.6 Å². The molecule has 4 aromatic carbocycles. The molecule has 1 aliphatic heterocycles. The largest absolute Gasteiger partial charge is 0.493 e. The fraction of sp³-hybridized carbons (Fsp3) is 0.295. The lowest BCUT2D eigenvalue weighted by molar-refractivity contribution is -0.139. The van der Waals surface area contributed by atoms with E-state index in [1.54, 1.807) is 48.7 Å². The normalized spacial score (nSPS) is 14.6. The topological polar surface area (TPSA) is 137 Å². The summed E-state index contributed by atoms with van der Waals surface area (Å²) in [7, 11) is 0. The number of benzene rings is 4. The predicted molar refractivity (Wildman–Crippen MR) is 211 cm³/mol. The van der Waals surface area contributed by atoms with E-state index in [0.29, 0.717) is 45.4 Å². The van der Waals surface area contributed by atoms with E-state index in [4.69, 9.17) is 25.8 Å². The maximum atomic E-state index is 12.2. The van der Waals surface area contributed by atoms with Gasteiger partial charge in [-0.05, 0) is 78.3 Å². The highest BCUT2D eigenvalue weighted by atomic mass is 35.5. The summed E-state index contributed by atoms with van der Waals surface area (Å²) in [6, 6.07) is 27.5. The number of hydrogen-bond donors (Lipinski definition) is 3. The Morgan fingerprint density at radius 2 is 1.69 bits per heavy atom. The van der Waals surface area contributed by atoms with Crippen LogP contribution < -0.4 is 19.5 Å². The van der Waals surface area contributed by atoms with Crippen LogP contribution in [-0.2, 0) is 24.6 Å². The van der Waals surface area contributed by atoms with Gasteiger partial charge < -0.3 is 29.3 Å². The number of aromatic nitrogens is 1. The second kappa shape index (κ2) is 18.7. The molecule has 1 aromatic heterocycles. The standard InChI is InChI=1S/C44H45ClN4O6/c1-29-34(11-6-12-37(29)38-13-7-14-40(30(38)2)53-18-8-16-49-17-15-36(50)26-49)28-55-42-21-41(54-27-32-19-31(22-46)23-47-24-32)35(20-39(42)45)25-48-43(44(51)52)33-9-4-3-5-10-33/h3-7,9-14,19-21,23-24,36,43,48,50H,8,15-18,25-28H2,1-2H3,(H,51,52)/t36-,43+/m1/s1. The van der Waals surface area contributed by atoms with E-state index in [2.05, 4.69) is 47.3 Å². The van der Waals surface area contributed by atoms with E-state index in [0.717, 1.165) is 66.0 Å². The molecule has 0 saturated carbocycles. The van der Waals surface area contributed by atoms with Gasteiger partial charge in [-0.3, -0.25) is 15.1 Å². The molecule has 284 valence electrons. The number of aliphatic carboxylic acids is 1. The van der Waals surface area contributed by atoms with Crippen molar-refractivity contribution in [1.29, 1.82) is 5.26 Å². The Morgan fingerprint density at radius 1 is 0.927 bits per heavy atom. The van der Waals surface area contributed by atoms with Crippen molar-refractivity contribution in [2.75, 3.05) is 26.2 Å². The first kappa shape index (κ1) is 39.3. The summed E-state index contributed by atoms with van der Waals surface area (Å²) in [6.45, 7) is 7.81. The molecule has 11 heteroatoms. The first-order valence-corrected chi connectivity index (χ1v) is 18.7. The highest BCUT2D eigenvalue weighted by molar-refractivity contribution is 6.32. The van der Waals surface area contributed by atoms with Gasteiger partial charge in [-0.1, -0.05) is 72.3 Å². The van der Waals surface area contributed by atoms with E-state index in [-0.39, 0.29) is 25.9 Å². The number of pyridine rings is 1. The number of rotatable bonds is 17. The van der Waals surface area contributed by atoms with Gasteiger partial charge in [-0.25, -0.2) is 0 Å². The second-order valence-corrected chi connectivity index (χ2v) is 14.1. The van der Waals surface area contributed by atoms with Crippen molar-refractivity contribution in [3.8, 4) is 34.4 Å². The van der Waals surface area contributed by atoms with Crippen LogP contribution in [0.2, 0.25) is 5.02 Å². The first-order valence-electron chi connectivity index (χ1n) is 18.3. The molecule has 2 atom stereocenters. The van der Waals surface area contributed by atoms with Gasteiger partial charge in [0, 0.05) is 55.8 Å². The molecule has 0 amide bonds. The van der Waals surface area contributed by atoms with Gasteiger partial charge in [-0.2, -0.15) is 5.26 Å². The number of carboxylic acids is 1. The molecule has 0 unspecified atom stereocenters. The van der Waals surface area contributed by atoms with Crippen molar-refractivity contribution >= 4 is 17.6 Å². The Kier molecular flexibility index (Phi) is 13.4. The summed E-state index contributed by atoms with van der Waals surface area (Å²) < 4.78 is 18.8. The molecule has 0 spiro atoms. The Labute approximate surface area is 326 Å². The summed E-state index contributed by atoms with van der Waals surface area (Å²) in [6.07, 6.45) is 4.62. The lowest BCUT2D eigenvalue weighted by atomic mass is 9.93. The molecule has 1 fully saturated rings. The number of carboxylic acid groups (broad SMARTS) is 1. The smallest absolute Gasteiger partial charge is 0.325 e. The lowest BCUT2D eigenvalue weighted by Gasteiger charge is -2.20. The van der Waals surface area contributed by atoms with Crippen LogP contribution in [0.4, 0.5) is 0 Å². The highest BCUT2D eigenvalue weighted by Gasteiger charge is 2.22. The van der Waals surface area contributed by atoms with Crippen molar-refractivity contribution < 1.29 is 29.2 Å². The number of nitriles is 1. The van der Waals surface area contributed by atoms with Gasteiger partial charge in [0.25, 0.3) is 0 Å². The molecule has 10 nitrogen and oxygen atoms in total. The average Bonchev–Trinajstić information content (AvgIpc) is 3.61. The van der Waals surface area contributed by atoms with Crippen molar-refractivity contribution in [2.45, 2.75) is 58.6 Å². The number of ether oxygens (including phenoxy) is 3. The zero-order valence-corrected chi connectivity index (χ0v) is 31.8. The predicted octanol–water partition coefficient (Wildman–Crippen LogP) is 7.80. The van der Waals surface area contributed by atoms with Gasteiger partial charge in [0.2, 0.25) is 0 Å². The molecule has 5 aromatic rings. The van der Waals surface area contributed by atoms with Crippen LogP contribution in [0, 0.1) is 25.2 Å². The molecular weight excluding hydrogens is 716 g/mol. The van der Waals surface area contributed by atoms with Crippen LogP contribution in [0.5, 0.6) is 17.2 Å². The Bertz CT molecular complexity index is 2140. The number of nitrogens with one attached hydrogen (secondary N) is 1. The molecule has 1 aliphatic rings. The van der Waals surface area contributed by atoms with E-state index in [1.165, 1.54) is 6.20 Å². The van der Waals surface area contributed by atoms with Crippen LogP contribution in [0.15, 0.2) is 97.3 Å². The number of carbonyl (C=O) groups is 1. The maximum absolute atomic E-state index is 12.2. The fourth-order valence-corrected chi connectivity index (χ4v) is 7.03. The van der Waals surface area contributed by atoms with E-state index in [1.807, 2.05) is 30.3 Å². The lowest BCUT2D eigenvalue weighted by Crippen LogP contribution is -2.28. The second-order valence-electron chi connectivity index (χ2n) is 13.7. The summed E-state index contributed by atoms with van der Waals surface area (Å²) in [5.41, 5.74) is 7.62. The summed E-state index contributed by atoms with van der Waals surface area (Å²) in [5, 5.41) is 32.6. The van der Waals surface area contributed by atoms with Crippen molar-refractivity contribution in [3.05, 3.63) is 141 Å². The monoisotopic (exact) mass is 760 g/mol. The third-order valence-electron chi connectivity index (χ3n) is 9.84. The van der Waals surface area contributed by atoms with Crippen LogP contribution in [0.1, 0.15) is 57.8 Å². The zero-order valence-electron chi connectivity index (χ0n) is 31.0. The SMILES string of the molecule is Cc1c(COc2cc(OCc3cncc(C#N)c3)c(CN[C@H](C(=O)O)c3ccccc3)cc2Cl)cccc1-c1cccc(OCCCN2CC[C@@H](O)C2)c1C. The number of likely N-dealkylation sites (tertiary alicyclic amines) is 1. The van der Waals surface area contributed by atoms with Gasteiger partial charge >= 0.3 is 5.97 Å². The maximum Gasteiger partial charge on any atom is 0.325 e. The third kappa shape index (κ3) is 10.2. The number of aliphatic hydroxyl groups is 1. The van der Waals surface area contributed by atoms with Crippen molar-refractivity contribution in [1.82, 2.24) is 15.2 Å². The molecule has 3 N–H and O–H groups in total. The average molecular weight is 761 g/mol. The Hall–Kier alpha value is -5.44. The fourth-order valence-electron chi connectivity index (χ4n) is 6.79. The summed E-state index contributed by atoms with van der Waals surface area (Å²) in [4.78, 5) is 18.6. The van der Waals surface area contributed by atoms with E-state index < -0.39 is 12.0 Å². The minimum atomic E-state index is -1.01. The minimum Gasteiger partial charge on any atom is -0.493 e. The van der Waals surface area contributed by atoms with Crippen molar-refractivity contribution in [3.63, 3.8) is 0 Å². The third-order valence-corrected chi connectivity index (χ3v) is 10.1. The quantitative estimate of drug-likeness (QED) is 0.0806. The van der Waals surface area contributed by atoms with Gasteiger partial charge in [0.15, 0.2) is 0 Å². The highest BCUT2D eigenvalue weighted by Crippen LogP contribution is 2.36. The van der Waals surface area contributed by atoms with Gasteiger partial charge in [-0.15, -0.1) is 0 Å². The van der Waals surface area contributed by atoms with Crippen LogP contribution in [0.3, 0.4) is 0 Å². The van der Waals surface area contributed by atoms with Crippen LogP contribution >= 0.6 is 11.6 Å². The molecule has 0 radical (unpaired) electrons. The van der Waals surface area contributed by atoms with E-state index in [9.17, 15) is 20.3 Å². The zero-order chi connectivity index (χ0) is 38.7. The number of hydrogen-bond acceptors (Lipinski definition) is 9. The summed E-state index contributed by atoms with van der Waals surface area (Å²) >= 11 is 6.82. The van der Waals surface area contributed by atoms with Gasteiger partial charge in [0.05, 0.1) is 23.3 Å². The molecule has 6 rings (SSSR count). The number of β-amino-alcohol motifs (C(OH)–C–C–N with tert-alkyl or cyclic N) is 1. The number of aliphatic hydroxyl groups excluding tert-OH is 1. The Balaban J connectivity index is 1.18. The Morgan fingerprint density at radius 3 is 2.44 bits per heavy atom. The first-order chi connectivity index (χ1) is 26.7. The number of nitrogens with zero attached hydrogens (tertiary/aromatic N) is 3. The number of halogens is 1. The summed E-state index contributed by atoms with van der Waals surface area (Å²) in [5.74, 6) is 0.688. The molecule has 1 saturated heterocycles. The van der Waals surface area contributed by atoms with Crippen molar-refractivity contribution in [2.24, 2.45) is 0 Å².